The summed E-state index contributed by atoms with van der Waals surface area (Å²) in [7, 11) is 2.11. The SMILES string of the molecule is CN1CCOc2c(Br)cccc2C1. The minimum absolute atomic E-state index is 0.770. The summed E-state index contributed by atoms with van der Waals surface area (Å²) in [5.74, 6) is 1.01. The molecule has 0 atom stereocenters. The van der Waals surface area contributed by atoms with Gasteiger partial charge >= 0.3 is 0 Å². The highest BCUT2D eigenvalue weighted by atomic mass is 79.9. The Labute approximate surface area is 86.6 Å². The molecule has 13 heavy (non-hydrogen) atoms. The molecule has 0 aromatic heterocycles. The largest absolute Gasteiger partial charge is 0.491 e. The Morgan fingerprint density at radius 3 is 3.15 bits per heavy atom. The lowest BCUT2D eigenvalue weighted by Crippen LogP contribution is -2.20. The molecule has 0 fully saturated rings. The minimum atomic E-state index is 0.770. The number of ether oxygens (including phenoxy) is 1. The van der Waals surface area contributed by atoms with Crippen molar-refractivity contribution >= 4 is 15.9 Å². The van der Waals surface area contributed by atoms with Gasteiger partial charge in [-0.15, -0.1) is 0 Å². The Hall–Kier alpha value is -0.540. The van der Waals surface area contributed by atoms with Crippen molar-refractivity contribution < 1.29 is 4.74 Å². The van der Waals surface area contributed by atoms with Gasteiger partial charge in [0.15, 0.2) is 0 Å². The molecule has 3 heteroatoms. The fourth-order valence-corrected chi connectivity index (χ4v) is 2.03. The number of likely N-dealkylation sites (N-methyl/N-ethyl adjacent to an activating group) is 1. The van der Waals surface area contributed by atoms with Crippen molar-refractivity contribution in [2.45, 2.75) is 6.54 Å². The van der Waals surface area contributed by atoms with Crippen LogP contribution < -0.4 is 4.74 Å². The second-order valence-corrected chi connectivity index (χ2v) is 4.17. The maximum absolute atomic E-state index is 5.66. The standard InChI is InChI=1S/C10H12BrNO/c1-12-5-6-13-10-8(7-12)3-2-4-9(10)11/h2-4H,5-7H2,1H3. The van der Waals surface area contributed by atoms with Crippen LogP contribution in [0.4, 0.5) is 0 Å². The molecule has 1 aromatic carbocycles. The van der Waals surface area contributed by atoms with E-state index in [-0.39, 0.29) is 0 Å². The van der Waals surface area contributed by atoms with Crippen LogP contribution in [0.1, 0.15) is 5.56 Å². The van der Waals surface area contributed by atoms with Gasteiger partial charge in [0.25, 0.3) is 0 Å². The summed E-state index contributed by atoms with van der Waals surface area (Å²) < 4.78 is 6.72. The Bertz CT molecular complexity index is 314. The highest BCUT2D eigenvalue weighted by Crippen LogP contribution is 2.30. The highest BCUT2D eigenvalue weighted by Gasteiger charge is 2.13. The number of halogens is 1. The molecule has 1 aromatic rings. The van der Waals surface area contributed by atoms with Crippen LogP contribution in [0.25, 0.3) is 0 Å². The fraction of sp³-hybridized carbons (Fsp3) is 0.400. The number of fused-ring (bicyclic) bond motifs is 1. The van der Waals surface area contributed by atoms with E-state index in [0.29, 0.717) is 0 Å². The molecular formula is C10H12BrNO. The zero-order valence-electron chi connectivity index (χ0n) is 7.59. The summed E-state index contributed by atoms with van der Waals surface area (Å²) >= 11 is 3.49. The molecule has 70 valence electrons. The molecule has 0 saturated heterocycles. The molecule has 1 aliphatic heterocycles. The fourth-order valence-electron chi connectivity index (χ4n) is 1.51. The first-order chi connectivity index (χ1) is 6.27. The third kappa shape index (κ3) is 1.86. The summed E-state index contributed by atoms with van der Waals surface area (Å²) in [6.07, 6.45) is 0. The lowest BCUT2D eigenvalue weighted by Gasteiger charge is -2.11. The van der Waals surface area contributed by atoms with Crippen molar-refractivity contribution in [2.24, 2.45) is 0 Å². The maximum Gasteiger partial charge on any atom is 0.138 e. The molecule has 0 unspecified atom stereocenters. The van der Waals surface area contributed by atoms with E-state index in [1.54, 1.807) is 0 Å². The van der Waals surface area contributed by atoms with Gasteiger partial charge in [0.05, 0.1) is 4.47 Å². The van der Waals surface area contributed by atoms with E-state index in [4.69, 9.17) is 4.74 Å². The second-order valence-electron chi connectivity index (χ2n) is 3.31. The average molecular weight is 242 g/mol. The van der Waals surface area contributed by atoms with Crippen molar-refractivity contribution in [1.29, 1.82) is 0 Å². The zero-order valence-corrected chi connectivity index (χ0v) is 9.17. The Kier molecular flexibility index (Phi) is 2.56. The number of nitrogens with zero attached hydrogens (tertiary/aromatic N) is 1. The van der Waals surface area contributed by atoms with Crippen LogP contribution in [0.5, 0.6) is 5.75 Å². The first-order valence-corrected chi connectivity index (χ1v) is 5.15. The van der Waals surface area contributed by atoms with Crippen molar-refractivity contribution in [3.05, 3.63) is 28.2 Å². The van der Waals surface area contributed by atoms with E-state index in [0.717, 1.165) is 29.9 Å². The lowest BCUT2D eigenvalue weighted by atomic mass is 10.2. The number of rotatable bonds is 0. The van der Waals surface area contributed by atoms with E-state index < -0.39 is 0 Å². The van der Waals surface area contributed by atoms with Crippen molar-refractivity contribution in [1.82, 2.24) is 4.90 Å². The molecule has 0 saturated carbocycles. The molecule has 0 spiro atoms. The third-order valence-electron chi connectivity index (χ3n) is 2.21. The second kappa shape index (κ2) is 3.68. The third-order valence-corrected chi connectivity index (χ3v) is 2.83. The Balaban J connectivity index is 2.39. The number of hydrogen-bond donors (Lipinski definition) is 0. The van der Waals surface area contributed by atoms with Crippen molar-refractivity contribution in [2.75, 3.05) is 20.2 Å². The summed E-state index contributed by atoms with van der Waals surface area (Å²) in [5.41, 5.74) is 1.26. The van der Waals surface area contributed by atoms with Crippen molar-refractivity contribution in [3.63, 3.8) is 0 Å². The van der Waals surface area contributed by atoms with E-state index in [1.807, 2.05) is 12.1 Å². The molecule has 0 bridgehead atoms. The van der Waals surface area contributed by atoms with Crippen LogP contribution in [-0.2, 0) is 6.54 Å². The van der Waals surface area contributed by atoms with Gasteiger partial charge in [-0.05, 0) is 29.0 Å². The molecule has 2 nitrogen and oxygen atoms in total. The van der Waals surface area contributed by atoms with E-state index in [2.05, 4.69) is 33.9 Å². The molecule has 0 radical (unpaired) electrons. The van der Waals surface area contributed by atoms with Crippen LogP contribution in [0.3, 0.4) is 0 Å². The van der Waals surface area contributed by atoms with Gasteiger partial charge in [-0.2, -0.15) is 0 Å². The number of hydrogen-bond acceptors (Lipinski definition) is 2. The highest BCUT2D eigenvalue weighted by molar-refractivity contribution is 9.10. The van der Waals surface area contributed by atoms with Crippen molar-refractivity contribution in [3.8, 4) is 5.75 Å². The Morgan fingerprint density at radius 2 is 2.31 bits per heavy atom. The van der Waals surface area contributed by atoms with E-state index >= 15 is 0 Å². The predicted octanol–water partition coefficient (Wildman–Crippen LogP) is 2.27. The maximum atomic E-state index is 5.66. The first kappa shape index (κ1) is 9.03. The Morgan fingerprint density at radius 1 is 1.46 bits per heavy atom. The molecule has 1 heterocycles. The zero-order chi connectivity index (χ0) is 9.26. The topological polar surface area (TPSA) is 12.5 Å². The molecule has 0 N–H and O–H groups in total. The van der Waals surface area contributed by atoms with Gasteiger partial charge in [0.1, 0.15) is 12.4 Å². The van der Waals surface area contributed by atoms with Gasteiger partial charge in [0.2, 0.25) is 0 Å². The lowest BCUT2D eigenvalue weighted by molar-refractivity contribution is 0.258. The van der Waals surface area contributed by atoms with E-state index in [1.165, 1.54) is 5.56 Å². The number of para-hydroxylation sites is 1. The van der Waals surface area contributed by atoms with Crippen LogP contribution >= 0.6 is 15.9 Å². The summed E-state index contributed by atoms with van der Waals surface area (Å²) in [4.78, 5) is 2.26. The van der Waals surface area contributed by atoms with Gasteiger partial charge in [-0.1, -0.05) is 12.1 Å². The van der Waals surface area contributed by atoms with Gasteiger partial charge < -0.3 is 4.74 Å². The molecule has 1 aliphatic rings. The minimum Gasteiger partial charge on any atom is -0.491 e. The molecule has 0 aliphatic carbocycles. The summed E-state index contributed by atoms with van der Waals surface area (Å²) in [5, 5.41) is 0. The number of benzene rings is 1. The van der Waals surface area contributed by atoms with Gasteiger partial charge in [-0.25, -0.2) is 0 Å². The average Bonchev–Trinajstić information content (AvgIpc) is 2.27. The first-order valence-electron chi connectivity index (χ1n) is 4.36. The normalized spacial score (nSPS) is 17.4. The predicted molar refractivity (Wildman–Crippen MR) is 56.0 cm³/mol. The van der Waals surface area contributed by atoms with Crippen LogP contribution in [0.2, 0.25) is 0 Å². The van der Waals surface area contributed by atoms with Crippen LogP contribution in [-0.4, -0.2) is 25.1 Å². The summed E-state index contributed by atoms with van der Waals surface area (Å²) in [6.45, 7) is 2.72. The van der Waals surface area contributed by atoms with Gasteiger partial charge in [-0.3, -0.25) is 4.90 Å². The monoisotopic (exact) mass is 241 g/mol. The summed E-state index contributed by atoms with van der Waals surface area (Å²) in [6, 6.07) is 6.18. The molecular weight excluding hydrogens is 230 g/mol. The van der Waals surface area contributed by atoms with Crippen LogP contribution in [0.15, 0.2) is 22.7 Å². The van der Waals surface area contributed by atoms with Gasteiger partial charge in [0, 0.05) is 18.7 Å². The molecule has 0 amide bonds. The smallest absolute Gasteiger partial charge is 0.138 e. The molecule has 2 rings (SSSR count). The van der Waals surface area contributed by atoms with E-state index in [9.17, 15) is 0 Å². The van der Waals surface area contributed by atoms with Crippen LogP contribution in [0, 0.1) is 0 Å². The quantitative estimate of drug-likeness (QED) is 0.692.